The van der Waals surface area contributed by atoms with Crippen LogP contribution < -0.4 is 0 Å². The molecular formula is C32H21N4OPt-. The number of aromatic nitrogens is 3. The van der Waals surface area contributed by atoms with Crippen LogP contribution in [0.15, 0.2) is 103 Å². The van der Waals surface area contributed by atoms with E-state index >= 15 is 0 Å². The van der Waals surface area contributed by atoms with Crippen LogP contribution in [0.1, 0.15) is 5.56 Å². The van der Waals surface area contributed by atoms with E-state index in [4.69, 9.17) is 4.98 Å². The minimum absolute atomic E-state index is 0. The molecule has 6 aromatic rings. The number of para-hydroxylation sites is 2. The third-order valence-corrected chi connectivity index (χ3v) is 6.50. The second kappa shape index (κ2) is 10.5. The van der Waals surface area contributed by atoms with Crippen LogP contribution >= 0.6 is 0 Å². The molecule has 186 valence electrons. The SMILES string of the molecule is Cn1c(-c2cccc(-c3ccccc3)c2O)nc2c(-c3[c-]c(-c4ccccn4)cc(C#N)c3)cccc21.[Pt]. The van der Waals surface area contributed by atoms with Gasteiger partial charge in [-0.15, -0.1) is 23.8 Å². The van der Waals surface area contributed by atoms with Gasteiger partial charge in [-0.3, -0.25) is 4.98 Å². The van der Waals surface area contributed by atoms with Crippen molar-refractivity contribution in [3.63, 3.8) is 0 Å². The second-order valence-electron chi connectivity index (χ2n) is 8.76. The monoisotopic (exact) mass is 672 g/mol. The van der Waals surface area contributed by atoms with Gasteiger partial charge < -0.3 is 9.67 Å². The Labute approximate surface area is 235 Å². The summed E-state index contributed by atoms with van der Waals surface area (Å²) in [5.41, 5.74) is 7.64. The molecule has 0 aliphatic rings. The summed E-state index contributed by atoms with van der Waals surface area (Å²) in [6, 6.07) is 36.5. The Bertz CT molecular complexity index is 1810. The van der Waals surface area contributed by atoms with Crippen LogP contribution in [-0.2, 0) is 28.1 Å². The van der Waals surface area contributed by atoms with Crippen LogP contribution in [0.5, 0.6) is 5.75 Å². The van der Waals surface area contributed by atoms with Crippen molar-refractivity contribution < 1.29 is 26.2 Å². The first-order valence-electron chi connectivity index (χ1n) is 11.9. The van der Waals surface area contributed by atoms with Gasteiger partial charge in [-0.05, 0) is 29.3 Å². The zero-order valence-electron chi connectivity index (χ0n) is 20.4. The predicted molar refractivity (Wildman–Crippen MR) is 145 cm³/mol. The summed E-state index contributed by atoms with van der Waals surface area (Å²) >= 11 is 0. The number of imidazole rings is 1. The molecule has 6 heteroatoms. The Hall–Kier alpha value is -4.52. The molecule has 0 radical (unpaired) electrons. The molecule has 5 nitrogen and oxygen atoms in total. The maximum Gasteiger partial charge on any atom is 0.143 e. The molecule has 0 bridgehead atoms. The third-order valence-electron chi connectivity index (χ3n) is 6.50. The maximum absolute atomic E-state index is 11.3. The maximum atomic E-state index is 11.3. The molecule has 2 heterocycles. The quantitative estimate of drug-likeness (QED) is 0.205. The fraction of sp³-hybridized carbons (Fsp3) is 0.0312. The second-order valence-corrected chi connectivity index (χ2v) is 8.76. The molecule has 0 saturated heterocycles. The molecule has 4 aromatic carbocycles. The molecule has 0 saturated carbocycles. The summed E-state index contributed by atoms with van der Waals surface area (Å²) in [5, 5.41) is 21.0. The Morgan fingerprint density at radius 1 is 0.816 bits per heavy atom. The number of rotatable bonds is 4. The summed E-state index contributed by atoms with van der Waals surface area (Å²) in [6.45, 7) is 0. The van der Waals surface area contributed by atoms with Gasteiger partial charge >= 0.3 is 0 Å². The number of hydrogen-bond donors (Lipinski definition) is 1. The van der Waals surface area contributed by atoms with Crippen molar-refractivity contribution in [2.45, 2.75) is 0 Å². The fourth-order valence-electron chi connectivity index (χ4n) is 4.69. The van der Waals surface area contributed by atoms with E-state index in [1.165, 1.54) is 0 Å². The first-order valence-corrected chi connectivity index (χ1v) is 11.9. The number of phenols is 1. The van der Waals surface area contributed by atoms with Crippen molar-refractivity contribution in [2.75, 3.05) is 0 Å². The van der Waals surface area contributed by atoms with E-state index < -0.39 is 0 Å². The zero-order chi connectivity index (χ0) is 25.4. The molecular weight excluding hydrogens is 651 g/mol. The van der Waals surface area contributed by atoms with Crippen molar-refractivity contribution in [1.82, 2.24) is 14.5 Å². The molecule has 0 spiro atoms. The Kier molecular flexibility index (Phi) is 6.92. The summed E-state index contributed by atoms with van der Waals surface area (Å²) in [6.07, 6.45) is 1.73. The molecule has 0 aliphatic carbocycles. The minimum Gasteiger partial charge on any atom is -0.507 e. The van der Waals surface area contributed by atoms with Gasteiger partial charge in [0.1, 0.15) is 11.6 Å². The average Bonchev–Trinajstić information content (AvgIpc) is 3.30. The van der Waals surface area contributed by atoms with Gasteiger partial charge in [-0.1, -0.05) is 77.9 Å². The van der Waals surface area contributed by atoms with E-state index in [2.05, 4.69) is 17.1 Å². The number of aryl methyl sites for hydroxylation is 1. The van der Waals surface area contributed by atoms with Gasteiger partial charge in [0.25, 0.3) is 0 Å². The number of hydrogen-bond acceptors (Lipinski definition) is 4. The standard InChI is InChI=1S/C32H21N4O.Pt/c1-36-29-15-8-11-25(23-17-21(20-33)18-24(19-23)28-14-5-6-16-34-28)30(29)35-32(36)27-13-7-12-26(31(27)37)22-9-3-2-4-10-22;/h2-18,37H,1H3;/q-1;. The van der Waals surface area contributed by atoms with Crippen molar-refractivity contribution in [1.29, 1.82) is 5.26 Å². The smallest absolute Gasteiger partial charge is 0.143 e. The van der Waals surface area contributed by atoms with Crippen molar-refractivity contribution in [2.24, 2.45) is 7.05 Å². The van der Waals surface area contributed by atoms with Gasteiger partial charge in [-0.2, -0.15) is 5.26 Å². The molecule has 1 N–H and O–H groups in total. The van der Waals surface area contributed by atoms with Crippen molar-refractivity contribution >= 4 is 11.0 Å². The molecule has 0 fully saturated rings. The van der Waals surface area contributed by atoms with Crippen molar-refractivity contribution in [3.05, 3.63) is 115 Å². The number of fused-ring (bicyclic) bond motifs is 1. The van der Waals surface area contributed by atoms with Crippen LogP contribution in [0.4, 0.5) is 0 Å². The van der Waals surface area contributed by atoms with Gasteiger partial charge in [-0.25, -0.2) is 4.98 Å². The Morgan fingerprint density at radius 3 is 2.29 bits per heavy atom. The molecule has 2 aromatic heterocycles. The summed E-state index contributed by atoms with van der Waals surface area (Å²) in [4.78, 5) is 9.43. The van der Waals surface area contributed by atoms with Crippen LogP contribution in [-0.4, -0.2) is 19.6 Å². The molecule has 0 aliphatic heterocycles. The minimum atomic E-state index is 0. The first kappa shape index (κ1) is 25.1. The van der Waals surface area contributed by atoms with Gasteiger partial charge in [0.05, 0.1) is 22.7 Å². The van der Waals surface area contributed by atoms with E-state index in [1.54, 1.807) is 12.3 Å². The Balaban J connectivity index is 0.00000294. The fourth-order valence-corrected chi connectivity index (χ4v) is 4.69. The van der Waals surface area contributed by atoms with E-state index in [1.807, 2.05) is 103 Å². The Morgan fingerprint density at radius 2 is 1.53 bits per heavy atom. The summed E-state index contributed by atoms with van der Waals surface area (Å²) < 4.78 is 1.98. The predicted octanol–water partition coefficient (Wildman–Crippen LogP) is 7.01. The number of nitriles is 1. The summed E-state index contributed by atoms with van der Waals surface area (Å²) in [7, 11) is 1.94. The summed E-state index contributed by atoms with van der Waals surface area (Å²) in [5.74, 6) is 0.836. The molecule has 38 heavy (non-hydrogen) atoms. The normalized spacial score (nSPS) is 10.6. The van der Waals surface area contributed by atoms with Crippen LogP contribution in [0, 0.1) is 17.4 Å². The van der Waals surface area contributed by atoms with Gasteiger partial charge in [0.2, 0.25) is 0 Å². The largest absolute Gasteiger partial charge is 0.507 e. The third kappa shape index (κ3) is 4.40. The molecule has 6 rings (SSSR count). The zero-order valence-corrected chi connectivity index (χ0v) is 22.6. The van der Waals surface area contributed by atoms with Crippen LogP contribution in [0.25, 0.3) is 55.9 Å². The molecule has 0 amide bonds. The molecule has 0 unspecified atom stereocenters. The van der Waals surface area contributed by atoms with Crippen LogP contribution in [0.2, 0.25) is 0 Å². The van der Waals surface area contributed by atoms with E-state index in [0.717, 1.165) is 44.5 Å². The topological polar surface area (TPSA) is 74.7 Å². The van der Waals surface area contributed by atoms with Gasteiger partial charge in [0, 0.05) is 45.6 Å². The average molecular weight is 673 g/mol. The van der Waals surface area contributed by atoms with E-state index in [9.17, 15) is 10.4 Å². The van der Waals surface area contributed by atoms with E-state index in [0.29, 0.717) is 17.0 Å². The number of pyridine rings is 1. The molecule has 0 atom stereocenters. The first-order chi connectivity index (χ1) is 18.1. The number of nitrogens with zero attached hydrogens (tertiary/aromatic N) is 4. The number of phenolic OH excluding ortho intramolecular Hbond substituents is 1. The van der Waals surface area contributed by atoms with Crippen LogP contribution in [0.3, 0.4) is 0 Å². The van der Waals surface area contributed by atoms with Crippen molar-refractivity contribution in [3.8, 4) is 56.7 Å². The number of aromatic hydroxyl groups is 1. The van der Waals surface area contributed by atoms with Gasteiger partial charge in [0.15, 0.2) is 0 Å². The van der Waals surface area contributed by atoms with E-state index in [-0.39, 0.29) is 26.8 Å². The number of benzene rings is 4.